The molecule has 0 radical (unpaired) electrons. The summed E-state index contributed by atoms with van der Waals surface area (Å²) < 4.78 is 0. The Kier molecular flexibility index (Phi) is 7.79. The minimum atomic E-state index is 0.986. The average molecular weight is 489 g/mol. The highest BCUT2D eigenvalue weighted by atomic mass is 14.2. The first-order valence-electron chi connectivity index (χ1n) is 13.8. The summed E-state index contributed by atoms with van der Waals surface area (Å²) in [5.41, 5.74) is 22.8. The Bertz CT molecular complexity index is 1370. The Morgan fingerprint density at radius 2 is 0.730 bits per heavy atom. The molecule has 4 aromatic carbocycles. The molecule has 0 aliphatic carbocycles. The van der Waals surface area contributed by atoms with Crippen molar-refractivity contribution in [2.75, 3.05) is 0 Å². The van der Waals surface area contributed by atoms with E-state index in [0.717, 1.165) is 19.3 Å². The van der Waals surface area contributed by atoms with Gasteiger partial charge in [0.25, 0.3) is 0 Å². The van der Waals surface area contributed by atoms with E-state index in [9.17, 15) is 0 Å². The van der Waals surface area contributed by atoms with Crippen molar-refractivity contribution < 1.29 is 0 Å². The lowest BCUT2D eigenvalue weighted by molar-refractivity contribution is 1.01. The SMILES string of the molecule is Cc1ccc(Cc2c(C)c(C)cc(Cc3cc(C)c(C)c(Cc4ccc(C)cc4C)c3C)c2C)c(C)c1. The van der Waals surface area contributed by atoms with E-state index in [0.29, 0.717) is 0 Å². The normalized spacial score (nSPS) is 11.3. The van der Waals surface area contributed by atoms with E-state index in [-0.39, 0.29) is 0 Å². The van der Waals surface area contributed by atoms with E-state index in [4.69, 9.17) is 0 Å². The number of aryl methyl sites for hydroxylation is 6. The Morgan fingerprint density at radius 1 is 0.351 bits per heavy atom. The van der Waals surface area contributed by atoms with Crippen LogP contribution in [0, 0.1) is 69.2 Å². The Balaban J connectivity index is 1.74. The van der Waals surface area contributed by atoms with Gasteiger partial charge in [-0.3, -0.25) is 0 Å². The molecule has 192 valence electrons. The number of hydrogen-bond acceptors (Lipinski definition) is 0. The van der Waals surface area contributed by atoms with Crippen molar-refractivity contribution in [3.8, 4) is 0 Å². The van der Waals surface area contributed by atoms with Crippen LogP contribution in [0.1, 0.15) is 89.0 Å². The van der Waals surface area contributed by atoms with Crippen LogP contribution in [-0.4, -0.2) is 0 Å². The molecule has 0 aliphatic heterocycles. The van der Waals surface area contributed by atoms with E-state index in [1.165, 1.54) is 89.0 Å². The Hall–Kier alpha value is -3.12. The highest BCUT2D eigenvalue weighted by molar-refractivity contribution is 5.53. The first-order chi connectivity index (χ1) is 17.5. The molecule has 0 fully saturated rings. The van der Waals surface area contributed by atoms with E-state index in [1.807, 2.05) is 0 Å². The fourth-order valence-corrected chi connectivity index (χ4v) is 5.95. The van der Waals surface area contributed by atoms with Gasteiger partial charge in [0, 0.05) is 0 Å². The van der Waals surface area contributed by atoms with Crippen molar-refractivity contribution in [2.45, 2.75) is 88.5 Å². The van der Waals surface area contributed by atoms with Crippen LogP contribution in [0.15, 0.2) is 48.5 Å². The topological polar surface area (TPSA) is 0 Å². The molecule has 0 nitrogen and oxygen atoms in total. The van der Waals surface area contributed by atoms with Gasteiger partial charge in [-0.2, -0.15) is 0 Å². The molecule has 0 N–H and O–H groups in total. The van der Waals surface area contributed by atoms with Gasteiger partial charge in [-0.15, -0.1) is 0 Å². The Labute approximate surface area is 225 Å². The summed E-state index contributed by atoms with van der Waals surface area (Å²) in [4.78, 5) is 0. The molecule has 0 saturated heterocycles. The van der Waals surface area contributed by atoms with E-state index >= 15 is 0 Å². The standard InChI is InChI=1S/C37H44/c1-22-11-13-32(26(5)15-22)20-36-28(7)24(3)17-34(30(36)9)19-35-18-25(4)29(8)37(31(35)10)21-33-14-12-23(2)16-27(33)6/h11-18H,19-21H2,1-10H3. The maximum Gasteiger partial charge on any atom is -0.00177 e. The zero-order chi connectivity index (χ0) is 27.0. The van der Waals surface area contributed by atoms with Crippen molar-refractivity contribution in [1.82, 2.24) is 0 Å². The van der Waals surface area contributed by atoms with Gasteiger partial charge in [0.1, 0.15) is 0 Å². The number of hydrogen-bond donors (Lipinski definition) is 0. The van der Waals surface area contributed by atoms with Gasteiger partial charge in [0.2, 0.25) is 0 Å². The third-order valence-corrected chi connectivity index (χ3v) is 8.85. The predicted molar refractivity (Wildman–Crippen MR) is 162 cm³/mol. The second-order valence-corrected chi connectivity index (χ2v) is 11.6. The van der Waals surface area contributed by atoms with Crippen molar-refractivity contribution in [3.05, 3.63) is 138 Å². The van der Waals surface area contributed by atoms with Crippen LogP contribution in [0.2, 0.25) is 0 Å². The molecule has 0 spiro atoms. The summed E-state index contributed by atoms with van der Waals surface area (Å²) in [5, 5.41) is 0. The minimum Gasteiger partial charge on any atom is -0.0590 e. The van der Waals surface area contributed by atoms with Crippen LogP contribution < -0.4 is 0 Å². The Morgan fingerprint density at radius 3 is 1.08 bits per heavy atom. The first kappa shape index (κ1) is 26.9. The molecule has 0 saturated carbocycles. The zero-order valence-electron chi connectivity index (χ0n) is 24.7. The van der Waals surface area contributed by atoms with Crippen LogP contribution in [0.4, 0.5) is 0 Å². The maximum atomic E-state index is 2.44. The van der Waals surface area contributed by atoms with Crippen molar-refractivity contribution in [2.24, 2.45) is 0 Å². The molecule has 0 atom stereocenters. The van der Waals surface area contributed by atoms with Gasteiger partial charge < -0.3 is 0 Å². The molecule has 0 unspecified atom stereocenters. The van der Waals surface area contributed by atoms with Crippen LogP contribution in [0.25, 0.3) is 0 Å². The molecular formula is C37H44. The van der Waals surface area contributed by atoms with Crippen molar-refractivity contribution in [3.63, 3.8) is 0 Å². The summed E-state index contributed by atoms with van der Waals surface area (Å²) in [6.45, 7) is 22.7. The van der Waals surface area contributed by atoms with E-state index in [1.54, 1.807) is 0 Å². The second kappa shape index (κ2) is 10.7. The third-order valence-electron chi connectivity index (χ3n) is 8.85. The molecule has 0 heteroatoms. The largest absolute Gasteiger partial charge is 0.0590 e. The molecule has 0 aliphatic rings. The van der Waals surface area contributed by atoms with E-state index < -0.39 is 0 Å². The summed E-state index contributed by atoms with van der Waals surface area (Å²) in [6.07, 6.45) is 2.99. The fourth-order valence-electron chi connectivity index (χ4n) is 5.95. The van der Waals surface area contributed by atoms with Gasteiger partial charge in [-0.1, -0.05) is 59.7 Å². The predicted octanol–water partition coefficient (Wildman–Crippen LogP) is 9.54. The molecule has 0 aromatic heterocycles. The van der Waals surface area contributed by atoms with Crippen LogP contribution in [0.3, 0.4) is 0 Å². The van der Waals surface area contributed by atoms with Gasteiger partial charge in [0.15, 0.2) is 0 Å². The van der Waals surface area contributed by atoms with Crippen molar-refractivity contribution in [1.29, 1.82) is 0 Å². The second-order valence-electron chi connectivity index (χ2n) is 11.6. The average Bonchev–Trinajstić information content (AvgIpc) is 2.83. The lowest BCUT2D eigenvalue weighted by Crippen LogP contribution is -2.07. The molecule has 0 bridgehead atoms. The summed E-state index contributed by atoms with van der Waals surface area (Å²) in [7, 11) is 0. The van der Waals surface area contributed by atoms with Gasteiger partial charge >= 0.3 is 0 Å². The van der Waals surface area contributed by atoms with Crippen LogP contribution in [-0.2, 0) is 19.3 Å². The van der Waals surface area contributed by atoms with Crippen molar-refractivity contribution >= 4 is 0 Å². The smallest absolute Gasteiger partial charge is 0.00177 e. The fraction of sp³-hybridized carbons (Fsp3) is 0.351. The highest BCUT2D eigenvalue weighted by Crippen LogP contribution is 2.31. The first-order valence-corrected chi connectivity index (χ1v) is 13.8. The summed E-state index contributed by atoms with van der Waals surface area (Å²) in [6, 6.07) is 18.6. The van der Waals surface area contributed by atoms with Crippen LogP contribution >= 0.6 is 0 Å². The summed E-state index contributed by atoms with van der Waals surface area (Å²) in [5.74, 6) is 0. The summed E-state index contributed by atoms with van der Waals surface area (Å²) >= 11 is 0. The number of benzene rings is 4. The molecule has 4 rings (SSSR count). The quantitative estimate of drug-likeness (QED) is 0.253. The maximum absolute atomic E-state index is 2.44. The third kappa shape index (κ3) is 5.59. The van der Waals surface area contributed by atoms with Gasteiger partial charge in [-0.05, 0) is 166 Å². The molecule has 0 heterocycles. The molecule has 37 heavy (non-hydrogen) atoms. The van der Waals surface area contributed by atoms with Crippen LogP contribution in [0.5, 0.6) is 0 Å². The minimum absolute atomic E-state index is 0.986. The molecule has 4 aromatic rings. The highest BCUT2D eigenvalue weighted by Gasteiger charge is 2.17. The van der Waals surface area contributed by atoms with Gasteiger partial charge in [0.05, 0.1) is 0 Å². The van der Waals surface area contributed by atoms with Gasteiger partial charge in [-0.25, -0.2) is 0 Å². The van der Waals surface area contributed by atoms with E-state index in [2.05, 4.69) is 118 Å². The lowest BCUT2D eigenvalue weighted by atomic mass is 9.83. The number of rotatable bonds is 6. The monoisotopic (exact) mass is 488 g/mol. The lowest BCUT2D eigenvalue weighted by Gasteiger charge is -2.21. The molecule has 0 amide bonds. The zero-order valence-corrected chi connectivity index (χ0v) is 24.7. The molecular weight excluding hydrogens is 444 g/mol.